The summed E-state index contributed by atoms with van der Waals surface area (Å²) in [5.41, 5.74) is 0.717. The summed E-state index contributed by atoms with van der Waals surface area (Å²) in [4.78, 5) is 11.5. The molecule has 0 aliphatic carbocycles. The fourth-order valence-corrected chi connectivity index (χ4v) is 0.948. The van der Waals surface area contributed by atoms with E-state index >= 15 is 0 Å². The van der Waals surface area contributed by atoms with E-state index in [1.165, 1.54) is 0 Å². The third kappa shape index (κ3) is 2.95. The van der Waals surface area contributed by atoms with Crippen molar-refractivity contribution in [2.45, 2.75) is 6.61 Å². The van der Waals surface area contributed by atoms with E-state index < -0.39 is 16.7 Å². The molecule has 0 atom stereocenters. The Labute approximate surface area is 90.4 Å². The first-order chi connectivity index (χ1) is 7.65. The Balaban J connectivity index is 2.69. The summed E-state index contributed by atoms with van der Waals surface area (Å²) in [6.07, 6.45) is 0. The average molecular weight is 222 g/mol. The zero-order chi connectivity index (χ0) is 12.0. The Bertz CT molecular complexity index is 450. The molecule has 0 radical (unpaired) electrons. The van der Waals surface area contributed by atoms with Crippen LogP contribution in [-0.4, -0.2) is 10.0 Å². The van der Waals surface area contributed by atoms with Crippen molar-refractivity contribution in [3.63, 3.8) is 0 Å². The molecular formula is C9H8N3O4+. The van der Waals surface area contributed by atoms with E-state index in [0.29, 0.717) is 0 Å². The molecule has 1 aromatic rings. The van der Waals surface area contributed by atoms with E-state index in [1.54, 1.807) is 30.3 Å². The standard InChI is InChI=1S/C9H7N3O4/c10-11-8(12(14)15)9(13)16-6-7-4-2-1-3-5-7/h1-5H,6H2/p+1/b9-8+. The maximum Gasteiger partial charge on any atom is 0.747 e. The Morgan fingerprint density at radius 3 is 2.62 bits per heavy atom. The van der Waals surface area contributed by atoms with Gasteiger partial charge in [0, 0.05) is 0 Å². The van der Waals surface area contributed by atoms with Crippen LogP contribution in [0.15, 0.2) is 42.1 Å². The SMILES string of the molecule is N#[N+]/C(=C(/O)OCc1ccccc1)[N+](=O)[O-]. The number of nitro groups is 1. The first kappa shape index (κ1) is 11.5. The van der Waals surface area contributed by atoms with Gasteiger partial charge in [0.1, 0.15) is 6.61 Å². The first-order valence-corrected chi connectivity index (χ1v) is 4.24. The van der Waals surface area contributed by atoms with Gasteiger partial charge in [0.15, 0.2) is 4.92 Å². The van der Waals surface area contributed by atoms with E-state index in [2.05, 4.69) is 9.71 Å². The molecule has 0 bridgehead atoms. The maximum absolute atomic E-state index is 10.2. The molecule has 0 heterocycles. The smallest absolute Gasteiger partial charge is 0.470 e. The highest BCUT2D eigenvalue weighted by molar-refractivity contribution is 5.13. The average Bonchev–Trinajstić information content (AvgIpc) is 2.28. The fraction of sp³-hybridized carbons (Fsp3) is 0.111. The molecule has 1 aromatic carbocycles. The van der Waals surface area contributed by atoms with Crippen molar-refractivity contribution < 1.29 is 14.8 Å². The highest BCUT2D eigenvalue weighted by Crippen LogP contribution is 2.09. The summed E-state index contributed by atoms with van der Waals surface area (Å²) in [5, 5.41) is 27.6. The summed E-state index contributed by atoms with van der Waals surface area (Å²) in [6, 6.07) is 8.74. The molecule has 0 unspecified atom stereocenters. The van der Waals surface area contributed by atoms with Gasteiger partial charge in [0.05, 0.1) is 0 Å². The van der Waals surface area contributed by atoms with Crippen molar-refractivity contribution in [2.24, 2.45) is 0 Å². The van der Waals surface area contributed by atoms with Crippen molar-refractivity contribution in [2.75, 3.05) is 0 Å². The van der Waals surface area contributed by atoms with Crippen LogP contribution in [0, 0.1) is 15.5 Å². The topological polar surface area (TPSA) is 101 Å². The highest BCUT2D eigenvalue weighted by atomic mass is 16.6. The first-order valence-electron chi connectivity index (χ1n) is 4.24. The molecule has 16 heavy (non-hydrogen) atoms. The van der Waals surface area contributed by atoms with Crippen molar-refractivity contribution in [3.05, 3.63) is 62.8 Å². The normalized spacial score (nSPS) is 11.2. The second-order valence-corrected chi connectivity index (χ2v) is 2.76. The Morgan fingerprint density at radius 2 is 2.12 bits per heavy atom. The third-order valence-corrected chi connectivity index (χ3v) is 1.68. The minimum atomic E-state index is -1.13. The number of nitrogens with zero attached hydrogens (tertiary/aromatic N) is 3. The minimum absolute atomic E-state index is 0.0560. The van der Waals surface area contributed by atoms with Crippen molar-refractivity contribution >= 4 is 0 Å². The van der Waals surface area contributed by atoms with Gasteiger partial charge in [-0.3, -0.25) is 10.1 Å². The molecule has 1 rings (SSSR count). The van der Waals surface area contributed by atoms with Crippen molar-refractivity contribution in [1.29, 1.82) is 5.39 Å². The predicted octanol–water partition coefficient (Wildman–Crippen LogP) is 2.02. The van der Waals surface area contributed by atoms with Gasteiger partial charge in [-0.05, 0) is 5.56 Å². The lowest BCUT2D eigenvalue weighted by atomic mass is 10.2. The molecular weight excluding hydrogens is 214 g/mol. The Morgan fingerprint density at radius 1 is 1.50 bits per heavy atom. The maximum atomic E-state index is 10.2. The van der Waals surface area contributed by atoms with E-state index in [0.717, 1.165) is 5.56 Å². The van der Waals surface area contributed by atoms with E-state index in [4.69, 9.17) is 10.5 Å². The lowest BCUT2D eigenvalue weighted by Gasteiger charge is -2.00. The summed E-state index contributed by atoms with van der Waals surface area (Å²) in [5.74, 6) is -2.16. The minimum Gasteiger partial charge on any atom is -0.470 e. The van der Waals surface area contributed by atoms with Gasteiger partial charge >= 0.3 is 11.8 Å². The largest absolute Gasteiger partial charge is 0.747 e. The molecule has 82 valence electrons. The lowest BCUT2D eigenvalue weighted by molar-refractivity contribution is -0.425. The molecule has 0 aliphatic rings. The quantitative estimate of drug-likeness (QED) is 0.363. The zero-order valence-corrected chi connectivity index (χ0v) is 8.11. The number of ether oxygens (including phenoxy) is 1. The summed E-state index contributed by atoms with van der Waals surface area (Å²) < 4.78 is 4.68. The van der Waals surface area contributed by atoms with Crippen LogP contribution >= 0.6 is 0 Å². The van der Waals surface area contributed by atoms with Gasteiger partial charge in [0.2, 0.25) is 5.39 Å². The monoisotopic (exact) mass is 222 g/mol. The zero-order valence-electron chi connectivity index (χ0n) is 8.11. The number of rotatable bonds is 4. The van der Waals surface area contributed by atoms with E-state index in [9.17, 15) is 10.1 Å². The lowest BCUT2D eigenvalue weighted by Crippen LogP contribution is -2.02. The van der Waals surface area contributed by atoms with Crippen LogP contribution in [0.3, 0.4) is 0 Å². The van der Waals surface area contributed by atoms with E-state index in [1.807, 2.05) is 0 Å². The van der Waals surface area contributed by atoms with Gasteiger partial charge in [0.25, 0.3) is 4.98 Å². The number of hydrogen-bond acceptors (Lipinski definition) is 5. The van der Waals surface area contributed by atoms with Crippen molar-refractivity contribution in [1.82, 2.24) is 0 Å². The van der Waals surface area contributed by atoms with Crippen LogP contribution in [-0.2, 0) is 11.3 Å². The molecule has 0 saturated heterocycles. The van der Waals surface area contributed by atoms with Crippen LogP contribution in [0.1, 0.15) is 5.56 Å². The summed E-state index contributed by atoms with van der Waals surface area (Å²) in [7, 11) is 0. The number of aliphatic hydroxyl groups excluding tert-OH is 1. The van der Waals surface area contributed by atoms with Gasteiger partial charge < -0.3 is 9.84 Å². The van der Waals surface area contributed by atoms with Crippen LogP contribution in [0.5, 0.6) is 0 Å². The predicted molar refractivity (Wildman–Crippen MR) is 53.0 cm³/mol. The number of hydrogen-bond donors (Lipinski definition) is 1. The van der Waals surface area contributed by atoms with Gasteiger partial charge in [-0.15, -0.1) is 0 Å². The van der Waals surface area contributed by atoms with Gasteiger partial charge in [-0.1, -0.05) is 30.3 Å². The fourth-order valence-electron chi connectivity index (χ4n) is 0.948. The second-order valence-electron chi connectivity index (χ2n) is 2.76. The van der Waals surface area contributed by atoms with Crippen LogP contribution in [0.25, 0.3) is 4.98 Å². The second kappa shape index (κ2) is 5.31. The molecule has 0 aliphatic heterocycles. The van der Waals surface area contributed by atoms with Crippen LogP contribution < -0.4 is 0 Å². The Kier molecular flexibility index (Phi) is 3.80. The molecule has 0 amide bonds. The van der Waals surface area contributed by atoms with Gasteiger partial charge in [-0.2, -0.15) is 0 Å². The van der Waals surface area contributed by atoms with Crippen LogP contribution in [0.2, 0.25) is 0 Å². The van der Waals surface area contributed by atoms with Gasteiger partial charge in [-0.25, -0.2) is 0 Å². The summed E-state index contributed by atoms with van der Waals surface area (Å²) in [6.45, 7) is -0.0560. The molecule has 1 N–H and O–H groups in total. The number of benzene rings is 1. The Hall–Kier alpha value is -2.62. The molecule has 0 aromatic heterocycles. The summed E-state index contributed by atoms with van der Waals surface area (Å²) >= 11 is 0. The highest BCUT2D eigenvalue weighted by Gasteiger charge is 2.35. The molecule has 0 spiro atoms. The third-order valence-electron chi connectivity index (χ3n) is 1.68. The number of aliphatic hydroxyl groups is 1. The van der Waals surface area contributed by atoms with E-state index in [-0.39, 0.29) is 6.61 Å². The molecule has 0 fully saturated rings. The molecule has 7 heteroatoms. The van der Waals surface area contributed by atoms with Crippen LogP contribution in [0.4, 0.5) is 0 Å². The molecule has 0 saturated carbocycles. The number of diazo groups is 1. The van der Waals surface area contributed by atoms with Crippen molar-refractivity contribution in [3.8, 4) is 0 Å². The molecule has 7 nitrogen and oxygen atoms in total.